The molecule has 1 saturated carbocycles. The molecule has 1 fully saturated rings. The zero-order valence-corrected chi connectivity index (χ0v) is 20.8. The second-order valence-electron chi connectivity index (χ2n) is 9.99. The van der Waals surface area contributed by atoms with Crippen molar-refractivity contribution in [2.24, 2.45) is 11.8 Å². The number of aromatic nitrogens is 2. The van der Waals surface area contributed by atoms with Gasteiger partial charge < -0.3 is 14.6 Å². The van der Waals surface area contributed by atoms with Gasteiger partial charge in [0.2, 0.25) is 5.76 Å². The maximum Gasteiger partial charge on any atom is 0.449 e. The van der Waals surface area contributed by atoms with Gasteiger partial charge in [-0.25, -0.2) is 9.97 Å². The van der Waals surface area contributed by atoms with Gasteiger partial charge >= 0.3 is 6.18 Å². The molecule has 0 saturated heterocycles. The number of nitrogens with one attached hydrogen (secondary N) is 1. The van der Waals surface area contributed by atoms with Gasteiger partial charge in [0.15, 0.2) is 0 Å². The molecule has 0 amide bonds. The minimum Gasteiger partial charge on any atom is -0.456 e. The number of hydrogen-bond donors (Lipinski definition) is 1. The summed E-state index contributed by atoms with van der Waals surface area (Å²) in [5, 5.41) is 4.30. The van der Waals surface area contributed by atoms with Crippen LogP contribution in [0.1, 0.15) is 61.4 Å². The molecule has 0 spiro atoms. The Morgan fingerprint density at radius 2 is 1.77 bits per heavy atom. The van der Waals surface area contributed by atoms with Crippen molar-refractivity contribution < 1.29 is 17.6 Å². The van der Waals surface area contributed by atoms with E-state index in [9.17, 15) is 13.2 Å². The molecule has 190 valence electrons. The molecule has 0 aliphatic heterocycles. The summed E-state index contributed by atoms with van der Waals surface area (Å²) in [5.41, 5.74) is 1.18. The second-order valence-corrected chi connectivity index (χ2v) is 9.99. The van der Waals surface area contributed by atoms with E-state index in [0.717, 1.165) is 61.2 Å². The molecular weight excluding hydrogens is 453 g/mol. The molecule has 4 rings (SSSR count). The van der Waals surface area contributed by atoms with E-state index in [1.807, 2.05) is 37.2 Å². The second kappa shape index (κ2) is 11.0. The molecule has 1 aromatic carbocycles. The van der Waals surface area contributed by atoms with Crippen LogP contribution in [-0.4, -0.2) is 30.6 Å². The van der Waals surface area contributed by atoms with Crippen molar-refractivity contribution >= 4 is 16.7 Å². The molecule has 0 unspecified atom stereocenters. The van der Waals surface area contributed by atoms with Crippen LogP contribution in [0.5, 0.6) is 0 Å². The molecule has 1 N–H and O–H groups in total. The number of furan rings is 1. The van der Waals surface area contributed by atoms with Crippen LogP contribution >= 0.6 is 0 Å². The molecule has 0 bridgehead atoms. The zero-order valence-electron chi connectivity index (χ0n) is 20.8. The average Bonchev–Trinajstić information content (AvgIpc) is 3.20. The van der Waals surface area contributed by atoms with Crippen LogP contribution in [0.15, 0.2) is 34.7 Å². The Hall–Kier alpha value is -2.61. The first-order valence-electron chi connectivity index (χ1n) is 12.5. The topological polar surface area (TPSA) is 54.2 Å². The highest BCUT2D eigenvalue weighted by Gasteiger charge is 2.37. The van der Waals surface area contributed by atoms with Crippen molar-refractivity contribution in [2.45, 2.75) is 64.6 Å². The van der Waals surface area contributed by atoms with Crippen molar-refractivity contribution in [3.05, 3.63) is 53.2 Å². The quantitative estimate of drug-likeness (QED) is 0.371. The number of alkyl halides is 3. The van der Waals surface area contributed by atoms with Gasteiger partial charge in [0.1, 0.15) is 17.4 Å². The Morgan fingerprint density at radius 1 is 1.06 bits per heavy atom. The number of nitrogens with zero attached hydrogens (tertiary/aromatic N) is 3. The van der Waals surface area contributed by atoms with Crippen molar-refractivity contribution in [1.82, 2.24) is 15.3 Å². The third-order valence-corrected chi connectivity index (χ3v) is 6.97. The van der Waals surface area contributed by atoms with Crippen LogP contribution in [0.2, 0.25) is 0 Å². The third kappa shape index (κ3) is 6.54. The lowest BCUT2D eigenvalue weighted by atomic mass is 9.80. The molecular formula is C27H35F3N4O. The maximum absolute atomic E-state index is 13.1. The van der Waals surface area contributed by atoms with Gasteiger partial charge in [0, 0.05) is 38.0 Å². The molecule has 3 aromatic rings. The van der Waals surface area contributed by atoms with Crippen LogP contribution in [0.3, 0.4) is 0 Å². The molecule has 35 heavy (non-hydrogen) atoms. The van der Waals surface area contributed by atoms with Gasteiger partial charge in [-0.05, 0) is 62.8 Å². The summed E-state index contributed by atoms with van der Waals surface area (Å²) in [7, 11) is 4.02. The van der Waals surface area contributed by atoms with E-state index in [4.69, 9.17) is 14.4 Å². The lowest BCUT2D eigenvalue weighted by Crippen LogP contribution is -2.27. The first-order valence-corrected chi connectivity index (χ1v) is 12.5. The highest BCUT2D eigenvalue weighted by atomic mass is 19.4. The lowest BCUT2D eigenvalue weighted by Gasteiger charge is -2.28. The van der Waals surface area contributed by atoms with Crippen molar-refractivity contribution in [3.8, 4) is 0 Å². The fourth-order valence-corrected chi connectivity index (χ4v) is 5.18. The number of fused-ring (bicyclic) bond motifs is 1. The van der Waals surface area contributed by atoms with Gasteiger partial charge in [-0.3, -0.25) is 0 Å². The summed E-state index contributed by atoms with van der Waals surface area (Å²) >= 11 is 0. The fourth-order valence-electron chi connectivity index (χ4n) is 5.18. The SMILES string of the molecule is Cc1cc(CNCC2CCC(CCCc3nc(N(C)C)c4ccccc4n3)CC2)c(C(F)(F)F)o1. The molecule has 2 heterocycles. The van der Waals surface area contributed by atoms with Gasteiger partial charge in [0.25, 0.3) is 0 Å². The Kier molecular flexibility index (Phi) is 7.99. The minimum atomic E-state index is -4.45. The average molecular weight is 489 g/mol. The predicted molar refractivity (Wildman–Crippen MR) is 132 cm³/mol. The predicted octanol–water partition coefficient (Wildman–Crippen LogP) is 6.53. The number of para-hydroxylation sites is 1. The molecule has 1 aliphatic rings. The van der Waals surface area contributed by atoms with Crippen LogP contribution in [0.25, 0.3) is 10.9 Å². The highest BCUT2D eigenvalue weighted by molar-refractivity contribution is 5.89. The van der Waals surface area contributed by atoms with Crippen molar-refractivity contribution in [1.29, 1.82) is 0 Å². The summed E-state index contributed by atoms with van der Waals surface area (Å²) in [6.45, 7) is 2.48. The molecule has 5 nitrogen and oxygen atoms in total. The standard InChI is InChI=1S/C27H35F3N4O/c1-18-15-21(25(35-18)27(28,29)30)17-31-16-20-13-11-19(12-14-20)7-6-10-24-32-23-9-5-4-8-22(23)26(33-24)34(2)3/h4-5,8-9,15,19-20,31H,6-7,10-14,16-17H2,1-3H3. The molecule has 0 radical (unpaired) electrons. The van der Waals surface area contributed by atoms with E-state index in [-0.39, 0.29) is 12.1 Å². The molecule has 8 heteroatoms. The van der Waals surface area contributed by atoms with E-state index < -0.39 is 11.9 Å². The first kappa shape index (κ1) is 25.5. The van der Waals surface area contributed by atoms with Crippen LogP contribution < -0.4 is 10.2 Å². The lowest BCUT2D eigenvalue weighted by molar-refractivity contribution is -0.154. The van der Waals surface area contributed by atoms with Crippen molar-refractivity contribution in [2.75, 3.05) is 25.5 Å². The Labute approximate surface area is 205 Å². The van der Waals surface area contributed by atoms with E-state index >= 15 is 0 Å². The van der Waals surface area contributed by atoms with Gasteiger partial charge in [0.05, 0.1) is 5.52 Å². The van der Waals surface area contributed by atoms with E-state index in [0.29, 0.717) is 17.6 Å². The summed E-state index contributed by atoms with van der Waals surface area (Å²) in [5.74, 6) is 2.50. The number of rotatable bonds is 9. The Bertz CT molecular complexity index is 1120. The third-order valence-electron chi connectivity index (χ3n) is 6.97. The van der Waals surface area contributed by atoms with Gasteiger partial charge in [-0.15, -0.1) is 0 Å². The fraction of sp³-hybridized carbons (Fsp3) is 0.556. The first-order chi connectivity index (χ1) is 16.7. The number of anilines is 1. The van der Waals surface area contributed by atoms with E-state index in [1.165, 1.54) is 18.9 Å². The summed E-state index contributed by atoms with van der Waals surface area (Å²) in [6.07, 6.45) is 3.24. The van der Waals surface area contributed by atoms with Crippen LogP contribution in [0.4, 0.5) is 19.0 Å². The Morgan fingerprint density at radius 3 is 2.49 bits per heavy atom. The summed E-state index contributed by atoms with van der Waals surface area (Å²) < 4.78 is 44.1. The summed E-state index contributed by atoms with van der Waals surface area (Å²) in [6, 6.07) is 9.61. The van der Waals surface area contributed by atoms with Crippen molar-refractivity contribution in [3.63, 3.8) is 0 Å². The monoisotopic (exact) mass is 488 g/mol. The minimum absolute atomic E-state index is 0.187. The highest BCUT2D eigenvalue weighted by Crippen LogP contribution is 2.35. The normalized spacial score (nSPS) is 18.8. The number of aryl methyl sites for hydroxylation is 2. The number of benzene rings is 1. The smallest absolute Gasteiger partial charge is 0.449 e. The van der Waals surface area contributed by atoms with Gasteiger partial charge in [-0.1, -0.05) is 31.4 Å². The largest absolute Gasteiger partial charge is 0.456 e. The Balaban J connectivity index is 1.20. The molecule has 2 aromatic heterocycles. The van der Waals surface area contributed by atoms with E-state index in [2.05, 4.69) is 11.4 Å². The maximum atomic E-state index is 13.1. The molecule has 1 aliphatic carbocycles. The molecule has 0 atom stereocenters. The summed E-state index contributed by atoms with van der Waals surface area (Å²) in [4.78, 5) is 11.6. The zero-order chi connectivity index (χ0) is 25.0. The van der Waals surface area contributed by atoms with Gasteiger partial charge in [-0.2, -0.15) is 13.2 Å². The number of hydrogen-bond acceptors (Lipinski definition) is 5. The van der Waals surface area contributed by atoms with Crippen LogP contribution in [0, 0.1) is 18.8 Å². The van der Waals surface area contributed by atoms with E-state index in [1.54, 1.807) is 6.92 Å². The van der Waals surface area contributed by atoms with Crippen LogP contribution in [-0.2, 0) is 19.1 Å². The number of halogens is 3.